The van der Waals surface area contributed by atoms with Gasteiger partial charge in [-0.1, -0.05) is 6.92 Å². The van der Waals surface area contributed by atoms with E-state index < -0.39 is 0 Å². The maximum Gasteiger partial charge on any atom is 0.270 e. The van der Waals surface area contributed by atoms with Crippen molar-refractivity contribution >= 4 is 16.5 Å². The van der Waals surface area contributed by atoms with E-state index in [0.29, 0.717) is 0 Å². The van der Waals surface area contributed by atoms with Gasteiger partial charge in [0, 0.05) is 24.6 Å². The van der Waals surface area contributed by atoms with Crippen molar-refractivity contribution in [1.82, 2.24) is 0 Å². The molecule has 0 unspecified atom stereocenters. The van der Waals surface area contributed by atoms with E-state index in [0.717, 1.165) is 23.7 Å². The van der Waals surface area contributed by atoms with E-state index in [1.54, 1.807) is 12.1 Å². The molecule has 0 aliphatic rings. The summed E-state index contributed by atoms with van der Waals surface area (Å²) >= 11 is 0. The van der Waals surface area contributed by atoms with Gasteiger partial charge >= 0.3 is 0 Å². The van der Waals surface area contributed by atoms with Crippen molar-refractivity contribution in [2.75, 3.05) is 0 Å². The molecule has 0 aliphatic heterocycles. The van der Waals surface area contributed by atoms with Crippen molar-refractivity contribution in [2.24, 2.45) is 0 Å². The Labute approximate surface area is 116 Å². The average molecular weight is 344 g/mol. The van der Waals surface area contributed by atoms with Gasteiger partial charge in [-0.05, 0) is 11.5 Å². The maximum atomic E-state index is 10.7. The first-order valence-electron chi connectivity index (χ1n) is 5.28. The van der Waals surface area contributed by atoms with Crippen LogP contribution in [0.5, 0.6) is 0 Å². The summed E-state index contributed by atoms with van der Waals surface area (Å²) in [6.45, 7) is 3.03. The number of halogens is 1. The summed E-state index contributed by atoms with van der Waals surface area (Å²) in [7, 11) is 0. The topological polar surface area (TPSA) is 47.0 Å². The van der Waals surface area contributed by atoms with Crippen LogP contribution in [0.4, 0.5) is 5.69 Å². The fraction of sp³-hybridized carbons (Fsp3) is 0.250. The van der Waals surface area contributed by atoms with Gasteiger partial charge in [-0.15, -0.1) is 0 Å². The highest BCUT2D eigenvalue weighted by molar-refractivity contribution is 5.82. The molecule has 90 valence electrons. The number of fused-ring (bicyclic) bond motifs is 1. The molecule has 2 rings (SSSR count). The second-order valence-electron chi connectivity index (χ2n) is 3.75. The van der Waals surface area contributed by atoms with Gasteiger partial charge in [0.15, 0.2) is 12.4 Å². The molecule has 17 heavy (non-hydrogen) atoms. The monoisotopic (exact) mass is 344 g/mol. The van der Waals surface area contributed by atoms with Crippen LogP contribution in [0.1, 0.15) is 13.3 Å². The Kier molecular flexibility index (Phi) is 4.80. The Morgan fingerprint density at radius 1 is 1.29 bits per heavy atom. The minimum Gasteiger partial charge on any atom is -1.00 e. The molecule has 1 aromatic carbocycles. The quantitative estimate of drug-likeness (QED) is 0.325. The molecular formula is C12H13IN2O2. The van der Waals surface area contributed by atoms with Gasteiger partial charge in [-0.25, -0.2) is 4.57 Å². The molecule has 5 heteroatoms. The summed E-state index contributed by atoms with van der Waals surface area (Å²) in [6.07, 6.45) is 4.99. The molecule has 0 atom stereocenters. The van der Waals surface area contributed by atoms with Crippen LogP contribution in [-0.4, -0.2) is 4.92 Å². The number of nitro groups is 1. The van der Waals surface area contributed by atoms with E-state index >= 15 is 0 Å². The van der Waals surface area contributed by atoms with Gasteiger partial charge in [-0.2, -0.15) is 0 Å². The minimum absolute atomic E-state index is 0. The summed E-state index contributed by atoms with van der Waals surface area (Å²) in [5.41, 5.74) is 0.141. The number of rotatable bonds is 3. The Bertz CT molecular complexity index is 543. The van der Waals surface area contributed by atoms with E-state index in [4.69, 9.17) is 0 Å². The van der Waals surface area contributed by atoms with Crippen molar-refractivity contribution < 1.29 is 33.5 Å². The number of hydrogen-bond donors (Lipinski definition) is 0. The number of aryl methyl sites for hydroxylation is 1. The Hall–Kier alpha value is -1.24. The number of non-ortho nitro benzene ring substituents is 1. The van der Waals surface area contributed by atoms with Crippen LogP contribution in [0.3, 0.4) is 0 Å². The minimum atomic E-state index is -0.364. The lowest BCUT2D eigenvalue weighted by Crippen LogP contribution is -3.00. The highest BCUT2D eigenvalue weighted by Crippen LogP contribution is 2.18. The zero-order valence-corrected chi connectivity index (χ0v) is 11.6. The number of benzene rings is 1. The van der Waals surface area contributed by atoms with Crippen LogP contribution in [-0.2, 0) is 6.54 Å². The molecule has 4 nitrogen and oxygen atoms in total. The second kappa shape index (κ2) is 5.90. The lowest BCUT2D eigenvalue weighted by Gasteiger charge is -1.98. The molecule has 1 heterocycles. The predicted molar refractivity (Wildman–Crippen MR) is 61.1 cm³/mol. The lowest BCUT2D eigenvalue weighted by atomic mass is 10.1. The highest BCUT2D eigenvalue weighted by atomic mass is 127. The molecule has 0 amide bonds. The summed E-state index contributed by atoms with van der Waals surface area (Å²) in [5, 5.41) is 12.6. The van der Waals surface area contributed by atoms with Gasteiger partial charge in [-0.3, -0.25) is 10.1 Å². The van der Waals surface area contributed by atoms with Crippen molar-refractivity contribution in [3.8, 4) is 0 Å². The zero-order valence-electron chi connectivity index (χ0n) is 9.47. The molecule has 0 radical (unpaired) electrons. The molecule has 0 spiro atoms. The van der Waals surface area contributed by atoms with E-state index in [-0.39, 0.29) is 34.6 Å². The molecule has 0 saturated heterocycles. The molecule has 0 fully saturated rings. The Morgan fingerprint density at radius 3 is 2.71 bits per heavy atom. The van der Waals surface area contributed by atoms with Gasteiger partial charge in [0.25, 0.3) is 5.69 Å². The van der Waals surface area contributed by atoms with Gasteiger partial charge in [0.05, 0.1) is 10.3 Å². The second-order valence-corrected chi connectivity index (χ2v) is 3.75. The largest absolute Gasteiger partial charge is 1.00 e. The first-order valence-corrected chi connectivity index (χ1v) is 5.28. The van der Waals surface area contributed by atoms with E-state index in [2.05, 4.69) is 6.92 Å². The molecule has 0 N–H and O–H groups in total. The smallest absolute Gasteiger partial charge is 0.270 e. The summed E-state index contributed by atoms with van der Waals surface area (Å²) in [6, 6.07) is 6.91. The number of nitrogens with zero attached hydrogens (tertiary/aromatic N) is 2. The van der Waals surface area contributed by atoms with Crippen LogP contribution >= 0.6 is 0 Å². The third-order valence-corrected chi connectivity index (χ3v) is 2.51. The van der Waals surface area contributed by atoms with Crippen LogP contribution in [0, 0.1) is 10.1 Å². The van der Waals surface area contributed by atoms with Crippen LogP contribution in [0.15, 0.2) is 36.7 Å². The third-order valence-electron chi connectivity index (χ3n) is 2.51. The van der Waals surface area contributed by atoms with Crippen molar-refractivity contribution in [3.05, 3.63) is 46.8 Å². The van der Waals surface area contributed by atoms with Crippen LogP contribution in [0.2, 0.25) is 0 Å². The maximum absolute atomic E-state index is 10.7. The predicted octanol–water partition coefficient (Wildman–Crippen LogP) is -0.550. The fourth-order valence-electron chi connectivity index (χ4n) is 1.73. The number of pyridine rings is 1. The van der Waals surface area contributed by atoms with Crippen LogP contribution in [0.25, 0.3) is 10.8 Å². The summed E-state index contributed by atoms with van der Waals surface area (Å²) < 4.78 is 2.05. The van der Waals surface area contributed by atoms with Crippen molar-refractivity contribution in [1.29, 1.82) is 0 Å². The van der Waals surface area contributed by atoms with E-state index in [9.17, 15) is 10.1 Å². The van der Waals surface area contributed by atoms with Gasteiger partial charge in [0.1, 0.15) is 6.54 Å². The molecular weight excluding hydrogens is 331 g/mol. The SMILES string of the molecule is CCC[n+]1ccc2ccc([N+](=O)[O-])cc2c1.[I-]. The zero-order chi connectivity index (χ0) is 11.5. The van der Waals surface area contributed by atoms with Crippen molar-refractivity contribution in [2.45, 2.75) is 19.9 Å². The standard InChI is InChI=1S/C12H13N2O2.HI/c1-2-6-13-7-5-10-3-4-12(14(15)16)8-11(10)9-13;/h3-5,7-9H,2,6H2,1H3;1H/q+1;/p-1. The average Bonchev–Trinajstić information content (AvgIpc) is 2.28. The highest BCUT2D eigenvalue weighted by Gasteiger charge is 2.08. The molecule has 2 aromatic rings. The normalized spacial score (nSPS) is 9.94. The Morgan fingerprint density at radius 2 is 2.06 bits per heavy atom. The molecule has 1 aromatic heterocycles. The summed E-state index contributed by atoms with van der Waals surface area (Å²) in [4.78, 5) is 10.3. The van der Waals surface area contributed by atoms with Gasteiger partial charge < -0.3 is 24.0 Å². The first-order chi connectivity index (χ1) is 7.70. The molecule has 0 bridgehead atoms. The number of aromatic nitrogens is 1. The lowest BCUT2D eigenvalue weighted by molar-refractivity contribution is -0.695. The van der Waals surface area contributed by atoms with Crippen LogP contribution < -0.4 is 28.5 Å². The third kappa shape index (κ3) is 3.12. The number of nitro benzene ring substituents is 1. The van der Waals surface area contributed by atoms with E-state index in [1.807, 2.05) is 23.0 Å². The number of hydrogen-bond acceptors (Lipinski definition) is 2. The molecule has 0 saturated carbocycles. The molecule has 0 aliphatic carbocycles. The van der Waals surface area contributed by atoms with Gasteiger partial charge in [0.2, 0.25) is 0 Å². The fourth-order valence-corrected chi connectivity index (χ4v) is 1.73. The van der Waals surface area contributed by atoms with E-state index in [1.165, 1.54) is 6.07 Å². The Balaban J connectivity index is 0.00000144. The first kappa shape index (κ1) is 13.8. The summed E-state index contributed by atoms with van der Waals surface area (Å²) in [5.74, 6) is 0. The van der Waals surface area contributed by atoms with Crippen molar-refractivity contribution in [3.63, 3.8) is 0 Å².